The van der Waals surface area contributed by atoms with Gasteiger partial charge in [-0.1, -0.05) is 25.7 Å². The quantitative estimate of drug-likeness (QED) is 0.749. The number of hydrogen-bond acceptors (Lipinski definition) is 4. The SMILES string of the molecule is O=C(C1CCCC1)N1CCN(C(C(=O)N2CCOCC2)C2CCCC2)CC1. The zero-order chi connectivity index (χ0) is 18.6. The number of nitrogens with zero attached hydrogens (tertiary/aromatic N) is 3. The second-order valence-corrected chi connectivity index (χ2v) is 8.77. The molecule has 2 saturated heterocycles. The fourth-order valence-electron chi connectivity index (χ4n) is 5.55. The molecule has 2 saturated carbocycles. The van der Waals surface area contributed by atoms with Crippen LogP contribution in [0.5, 0.6) is 0 Å². The molecule has 6 heteroatoms. The van der Waals surface area contributed by atoms with Crippen molar-refractivity contribution in [2.45, 2.75) is 57.4 Å². The number of amides is 2. The zero-order valence-electron chi connectivity index (χ0n) is 16.6. The molecule has 4 aliphatic rings. The predicted molar refractivity (Wildman–Crippen MR) is 103 cm³/mol. The van der Waals surface area contributed by atoms with E-state index in [-0.39, 0.29) is 12.0 Å². The van der Waals surface area contributed by atoms with E-state index in [2.05, 4.69) is 9.80 Å². The van der Waals surface area contributed by atoms with Crippen LogP contribution in [-0.2, 0) is 14.3 Å². The van der Waals surface area contributed by atoms with Crippen molar-refractivity contribution in [3.63, 3.8) is 0 Å². The molecule has 0 spiro atoms. The number of carbonyl (C=O) groups excluding carboxylic acids is 2. The van der Waals surface area contributed by atoms with Crippen LogP contribution in [-0.4, -0.2) is 85.0 Å². The predicted octanol–water partition coefficient (Wildman–Crippen LogP) is 1.74. The van der Waals surface area contributed by atoms with Crippen molar-refractivity contribution in [1.82, 2.24) is 14.7 Å². The van der Waals surface area contributed by atoms with Crippen LogP contribution in [0.2, 0.25) is 0 Å². The van der Waals surface area contributed by atoms with Crippen molar-refractivity contribution in [1.29, 1.82) is 0 Å². The molecule has 2 aliphatic carbocycles. The van der Waals surface area contributed by atoms with Gasteiger partial charge >= 0.3 is 0 Å². The van der Waals surface area contributed by atoms with E-state index in [1.54, 1.807) is 0 Å². The van der Waals surface area contributed by atoms with Gasteiger partial charge in [0.15, 0.2) is 0 Å². The molecule has 6 nitrogen and oxygen atoms in total. The largest absolute Gasteiger partial charge is 0.378 e. The summed E-state index contributed by atoms with van der Waals surface area (Å²) >= 11 is 0. The molecule has 1 unspecified atom stereocenters. The zero-order valence-corrected chi connectivity index (χ0v) is 16.6. The van der Waals surface area contributed by atoms with Crippen LogP contribution in [0.1, 0.15) is 51.4 Å². The molecule has 152 valence electrons. The van der Waals surface area contributed by atoms with E-state index >= 15 is 0 Å². The fraction of sp³-hybridized carbons (Fsp3) is 0.905. The van der Waals surface area contributed by atoms with Crippen molar-refractivity contribution in [3.8, 4) is 0 Å². The summed E-state index contributed by atoms with van der Waals surface area (Å²) in [6.45, 7) is 6.03. The van der Waals surface area contributed by atoms with Crippen molar-refractivity contribution in [2.75, 3.05) is 52.5 Å². The summed E-state index contributed by atoms with van der Waals surface area (Å²) in [6, 6.07) is 0.00864. The second kappa shape index (κ2) is 8.91. The molecular formula is C21H35N3O3. The molecule has 0 aromatic carbocycles. The van der Waals surface area contributed by atoms with Crippen LogP contribution < -0.4 is 0 Å². The number of hydrogen-bond donors (Lipinski definition) is 0. The van der Waals surface area contributed by atoms with E-state index in [0.717, 1.165) is 52.1 Å². The lowest BCUT2D eigenvalue weighted by Crippen LogP contribution is -2.59. The van der Waals surface area contributed by atoms with Gasteiger partial charge in [0.05, 0.1) is 19.3 Å². The third-order valence-corrected chi connectivity index (χ3v) is 7.15. The maximum absolute atomic E-state index is 13.4. The van der Waals surface area contributed by atoms with Gasteiger partial charge in [0.2, 0.25) is 11.8 Å². The maximum atomic E-state index is 13.4. The van der Waals surface area contributed by atoms with Gasteiger partial charge < -0.3 is 14.5 Å². The minimum Gasteiger partial charge on any atom is -0.378 e. The van der Waals surface area contributed by atoms with E-state index in [1.165, 1.54) is 38.5 Å². The Balaban J connectivity index is 1.38. The Labute approximate surface area is 163 Å². The summed E-state index contributed by atoms with van der Waals surface area (Å²) in [5, 5.41) is 0. The van der Waals surface area contributed by atoms with Crippen LogP contribution in [0, 0.1) is 11.8 Å². The highest BCUT2D eigenvalue weighted by atomic mass is 16.5. The lowest BCUT2D eigenvalue weighted by atomic mass is 9.94. The normalized spacial score (nSPS) is 27.3. The van der Waals surface area contributed by atoms with Crippen LogP contribution in [0.4, 0.5) is 0 Å². The Bertz CT molecular complexity index is 515. The van der Waals surface area contributed by atoms with Crippen molar-refractivity contribution >= 4 is 11.8 Å². The Kier molecular flexibility index (Phi) is 6.33. The number of piperazine rings is 1. The molecule has 0 aromatic heterocycles. The van der Waals surface area contributed by atoms with Gasteiger partial charge in [0, 0.05) is 45.2 Å². The Hall–Kier alpha value is -1.14. The molecule has 0 N–H and O–H groups in total. The molecule has 4 fully saturated rings. The van der Waals surface area contributed by atoms with Crippen molar-refractivity contribution < 1.29 is 14.3 Å². The molecule has 27 heavy (non-hydrogen) atoms. The topological polar surface area (TPSA) is 53.1 Å². The number of morpholine rings is 1. The molecule has 0 aromatic rings. The fourth-order valence-corrected chi connectivity index (χ4v) is 5.55. The van der Waals surface area contributed by atoms with Gasteiger partial charge in [-0.05, 0) is 31.6 Å². The first-order valence-corrected chi connectivity index (χ1v) is 11.1. The molecule has 0 bridgehead atoms. The standard InChI is InChI=1S/C21H35N3O3/c25-20(18-7-3-4-8-18)23-11-9-22(10-12-23)19(17-5-1-2-6-17)21(26)24-13-15-27-16-14-24/h17-19H,1-16H2. The highest BCUT2D eigenvalue weighted by Gasteiger charge is 2.40. The highest BCUT2D eigenvalue weighted by molar-refractivity contribution is 5.82. The van der Waals surface area contributed by atoms with Gasteiger partial charge in [-0.25, -0.2) is 0 Å². The maximum Gasteiger partial charge on any atom is 0.240 e. The third-order valence-electron chi connectivity index (χ3n) is 7.15. The van der Waals surface area contributed by atoms with Gasteiger partial charge in [-0.3, -0.25) is 14.5 Å². The smallest absolute Gasteiger partial charge is 0.240 e. The first kappa shape index (κ1) is 19.2. The number of carbonyl (C=O) groups is 2. The summed E-state index contributed by atoms with van der Waals surface area (Å²) in [6.07, 6.45) is 9.38. The monoisotopic (exact) mass is 377 g/mol. The second-order valence-electron chi connectivity index (χ2n) is 8.77. The van der Waals surface area contributed by atoms with Gasteiger partial charge in [-0.15, -0.1) is 0 Å². The minimum atomic E-state index is 0.00864. The Morgan fingerprint density at radius 3 is 1.96 bits per heavy atom. The lowest BCUT2D eigenvalue weighted by Gasteiger charge is -2.43. The summed E-state index contributed by atoms with van der Waals surface area (Å²) in [5.74, 6) is 1.42. The summed E-state index contributed by atoms with van der Waals surface area (Å²) in [4.78, 5) is 32.6. The summed E-state index contributed by atoms with van der Waals surface area (Å²) in [5.41, 5.74) is 0. The highest BCUT2D eigenvalue weighted by Crippen LogP contribution is 2.33. The van der Waals surface area contributed by atoms with Gasteiger partial charge in [0.1, 0.15) is 0 Å². The van der Waals surface area contributed by atoms with Crippen molar-refractivity contribution in [3.05, 3.63) is 0 Å². The minimum absolute atomic E-state index is 0.00864. The van der Waals surface area contributed by atoms with Crippen molar-refractivity contribution in [2.24, 2.45) is 11.8 Å². The Morgan fingerprint density at radius 2 is 1.33 bits per heavy atom. The average Bonchev–Trinajstić information content (AvgIpc) is 3.43. The van der Waals surface area contributed by atoms with Crippen LogP contribution in [0.3, 0.4) is 0 Å². The van der Waals surface area contributed by atoms with E-state index in [1.807, 2.05) is 4.90 Å². The summed E-state index contributed by atoms with van der Waals surface area (Å²) < 4.78 is 5.44. The Morgan fingerprint density at radius 1 is 0.741 bits per heavy atom. The molecule has 2 amide bonds. The van der Waals surface area contributed by atoms with E-state index < -0.39 is 0 Å². The van der Waals surface area contributed by atoms with E-state index in [9.17, 15) is 9.59 Å². The van der Waals surface area contributed by atoms with Gasteiger partial charge in [0.25, 0.3) is 0 Å². The van der Waals surface area contributed by atoms with Gasteiger partial charge in [-0.2, -0.15) is 0 Å². The average molecular weight is 378 g/mol. The van der Waals surface area contributed by atoms with Crippen LogP contribution in [0.15, 0.2) is 0 Å². The number of ether oxygens (including phenoxy) is 1. The van der Waals surface area contributed by atoms with Crippen LogP contribution >= 0.6 is 0 Å². The summed E-state index contributed by atoms with van der Waals surface area (Å²) in [7, 11) is 0. The third kappa shape index (κ3) is 4.32. The first-order chi connectivity index (χ1) is 13.2. The molecule has 4 rings (SSSR count). The molecular weight excluding hydrogens is 342 g/mol. The molecule has 1 atom stereocenters. The van der Waals surface area contributed by atoms with E-state index in [4.69, 9.17) is 4.74 Å². The molecule has 0 radical (unpaired) electrons. The lowest BCUT2D eigenvalue weighted by molar-refractivity contribution is -0.145. The molecule has 2 heterocycles. The first-order valence-electron chi connectivity index (χ1n) is 11.1. The van der Waals surface area contributed by atoms with E-state index in [0.29, 0.717) is 30.9 Å². The molecule has 2 aliphatic heterocycles. The van der Waals surface area contributed by atoms with Crippen LogP contribution in [0.25, 0.3) is 0 Å². The number of rotatable bonds is 4.